The van der Waals surface area contributed by atoms with E-state index >= 15 is 0 Å². The van der Waals surface area contributed by atoms with Crippen LogP contribution in [0.25, 0.3) is 0 Å². The SMILES string of the molecule is CN(C)C(=O)c1ccc(S(=O)(=O)c2ccc(CCNC(=O)O)cc2)cc1. The highest BCUT2D eigenvalue weighted by molar-refractivity contribution is 7.91. The van der Waals surface area contributed by atoms with Gasteiger partial charge in [-0.1, -0.05) is 12.1 Å². The van der Waals surface area contributed by atoms with Gasteiger partial charge in [-0.15, -0.1) is 0 Å². The zero-order valence-electron chi connectivity index (χ0n) is 14.5. The van der Waals surface area contributed by atoms with Crippen molar-refractivity contribution in [1.82, 2.24) is 10.2 Å². The molecule has 0 atom stereocenters. The first-order valence-electron chi connectivity index (χ1n) is 7.84. The molecule has 0 aliphatic carbocycles. The van der Waals surface area contributed by atoms with E-state index in [1.807, 2.05) is 0 Å². The normalized spacial score (nSPS) is 11.0. The van der Waals surface area contributed by atoms with E-state index in [0.717, 1.165) is 5.56 Å². The molecule has 7 nitrogen and oxygen atoms in total. The van der Waals surface area contributed by atoms with Crippen LogP contribution >= 0.6 is 0 Å². The topological polar surface area (TPSA) is 104 Å². The highest BCUT2D eigenvalue weighted by Gasteiger charge is 2.18. The monoisotopic (exact) mass is 376 g/mol. The number of sulfone groups is 1. The van der Waals surface area contributed by atoms with E-state index in [0.29, 0.717) is 12.0 Å². The second-order valence-electron chi connectivity index (χ2n) is 5.85. The van der Waals surface area contributed by atoms with Gasteiger partial charge in [0.25, 0.3) is 5.91 Å². The number of carboxylic acid groups (broad SMARTS) is 1. The third-order valence-electron chi connectivity index (χ3n) is 3.74. The van der Waals surface area contributed by atoms with Crippen LogP contribution in [0.15, 0.2) is 58.3 Å². The fourth-order valence-corrected chi connectivity index (χ4v) is 3.58. The summed E-state index contributed by atoms with van der Waals surface area (Å²) in [6.07, 6.45) is -0.631. The summed E-state index contributed by atoms with van der Waals surface area (Å²) in [5.41, 5.74) is 1.24. The quantitative estimate of drug-likeness (QED) is 0.803. The molecule has 0 heterocycles. The molecule has 8 heteroatoms. The summed E-state index contributed by atoms with van der Waals surface area (Å²) in [4.78, 5) is 24.0. The molecule has 2 rings (SSSR count). The smallest absolute Gasteiger partial charge is 0.404 e. The third kappa shape index (κ3) is 4.60. The Morgan fingerprint density at radius 3 is 1.92 bits per heavy atom. The summed E-state index contributed by atoms with van der Waals surface area (Å²) in [6.45, 7) is 0.253. The molecule has 0 fully saturated rings. The summed E-state index contributed by atoms with van der Waals surface area (Å²) in [7, 11) is -0.436. The van der Waals surface area contributed by atoms with Crippen molar-refractivity contribution in [2.24, 2.45) is 0 Å². The number of carbonyl (C=O) groups excluding carboxylic acids is 1. The fraction of sp³-hybridized carbons (Fsp3) is 0.222. The number of rotatable bonds is 6. The Hall–Kier alpha value is -2.87. The molecule has 0 saturated carbocycles. The van der Waals surface area contributed by atoms with E-state index in [-0.39, 0.29) is 22.2 Å². The van der Waals surface area contributed by atoms with Crippen molar-refractivity contribution in [3.63, 3.8) is 0 Å². The van der Waals surface area contributed by atoms with E-state index in [1.165, 1.54) is 41.3 Å². The van der Waals surface area contributed by atoms with Gasteiger partial charge in [-0.2, -0.15) is 0 Å². The molecule has 0 spiro atoms. The zero-order valence-corrected chi connectivity index (χ0v) is 15.3. The molecule has 26 heavy (non-hydrogen) atoms. The molecule has 0 aromatic heterocycles. The fourth-order valence-electron chi connectivity index (χ4n) is 2.32. The molecular weight excluding hydrogens is 356 g/mol. The molecule has 0 aliphatic rings. The minimum Gasteiger partial charge on any atom is -0.465 e. The van der Waals surface area contributed by atoms with Crippen LogP contribution in [0.1, 0.15) is 15.9 Å². The van der Waals surface area contributed by atoms with Crippen molar-refractivity contribution in [1.29, 1.82) is 0 Å². The van der Waals surface area contributed by atoms with Crippen LogP contribution in [0, 0.1) is 0 Å². The maximum absolute atomic E-state index is 12.7. The number of hydrogen-bond acceptors (Lipinski definition) is 4. The number of hydrogen-bond donors (Lipinski definition) is 2. The standard InChI is InChI=1S/C18H20N2O5S/c1-20(2)17(21)14-5-9-16(10-6-14)26(24,25)15-7-3-13(4-8-15)11-12-19-18(22)23/h3-10,19H,11-12H2,1-2H3,(H,22,23). The Morgan fingerprint density at radius 1 is 0.962 bits per heavy atom. The lowest BCUT2D eigenvalue weighted by Gasteiger charge is -2.11. The van der Waals surface area contributed by atoms with Gasteiger partial charge in [0.1, 0.15) is 0 Å². The predicted octanol–water partition coefficient (Wildman–Crippen LogP) is 2.03. The van der Waals surface area contributed by atoms with Crippen molar-refractivity contribution in [3.8, 4) is 0 Å². The Bertz CT molecular complexity index is 888. The molecule has 0 aliphatic heterocycles. The number of nitrogens with zero attached hydrogens (tertiary/aromatic N) is 1. The zero-order chi connectivity index (χ0) is 19.3. The average Bonchev–Trinajstić information content (AvgIpc) is 2.61. The molecule has 0 saturated heterocycles. The largest absolute Gasteiger partial charge is 0.465 e. The second kappa shape index (κ2) is 8.01. The molecule has 0 bridgehead atoms. The van der Waals surface area contributed by atoms with E-state index in [2.05, 4.69) is 5.32 Å². The maximum atomic E-state index is 12.7. The van der Waals surface area contributed by atoms with Crippen LogP contribution in [0.3, 0.4) is 0 Å². The lowest BCUT2D eigenvalue weighted by Crippen LogP contribution is -2.23. The van der Waals surface area contributed by atoms with Gasteiger partial charge in [0.15, 0.2) is 0 Å². The van der Waals surface area contributed by atoms with Gasteiger partial charge in [-0.25, -0.2) is 13.2 Å². The summed E-state index contributed by atoms with van der Waals surface area (Å²) >= 11 is 0. The molecule has 2 amide bonds. The third-order valence-corrected chi connectivity index (χ3v) is 5.53. The van der Waals surface area contributed by atoms with Crippen molar-refractivity contribution >= 4 is 21.8 Å². The Morgan fingerprint density at radius 2 is 1.46 bits per heavy atom. The second-order valence-corrected chi connectivity index (χ2v) is 7.80. The van der Waals surface area contributed by atoms with Crippen molar-refractivity contribution in [2.45, 2.75) is 16.2 Å². The lowest BCUT2D eigenvalue weighted by molar-refractivity contribution is 0.0827. The van der Waals surface area contributed by atoms with Crippen LogP contribution in [0.4, 0.5) is 4.79 Å². The number of benzene rings is 2. The predicted molar refractivity (Wildman–Crippen MR) is 96.1 cm³/mol. The van der Waals surface area contributed by atoms with Crippen LogP contribution in [-0.2, 0) is 16.3 Å². The highest BCUT2D eigenvalue weighted by Crippen LogP contribution is 2.22. The molecule has 0 radical (unpaired) electrons. The highest BCUT2D eigenvalue weighted by atomic mass is 32.2. The number of amides is 2. The van der Waals surface area contributed by atoms with Gasteiger partial charge in [-0.05, 0) is 48.4 Å². The van der Waals surface area contributed by atoms with Crippen LogP contribution in [-0.4, -0.2) is 51.1 Å². The minimum atomic E-state index is -3.69. The van der Waals surface area contributed by atoms with Gasteiger partial charge in [-0.3, -0.25) is 4.79 Å². The number of nitrogens with one attached hydrogen (secondary N) is 1. The number of carbonyl (C=O) groups is 2. The van der Waals surface area contributed by atoms with E-state index in [9.17, 15) is 18.0 Å². The van der Waals surface area contributed by atoms with Gasteiger partial charge >= 0.3 is 6.09 Å². The molecule has 2 aromatic carbocycles. The van der Waals surface area contributed by atoms with Crippen molar-refractivity contribution in [3.05, 3.63) is 59.7 Å². The van der Waals surface area contributed by atoms with Gasteiger partial charge < -0.3 is 15.3 Å². The summed E-state index contributed by atoms with van der Waals surface area (Å²) in [5, 5.41) is 10.8. The molecule has 2 aromatic rings. The first kappa shape index (κ1) is 19.5. The summed E-state index contributed by atoms with van der Waals surface area (Å²) in [6, 6.07) is 12.1. The molecular formula is C18H20N2O5S. The summed E-state index contributed by atoms with van der Waals surface area (Å²) < 4.78 is 25.4. The summed E-state index contributed by atoms with van der Waals surface area (Å²) in [5.74, 6) is -0.201. The first-order valence-corrected chi connectivity index (χ1v) is 9.32. The molecule has 138 valence electrons. The van der Waals surface area contributed by atoms with E-state index in [4.69, 9.17) is 5.11 Å². The van der Waals surface area contributed by atoms with Crippen molar-refractivity contribution in [2.75, 3.05) is 20.6 Å². The van der Waals surface area contributed by atoms with Gasteiger partial charge in [0.05, 0.1) is 9.79 Å². The van der Waals surface area contributed by atoms with Gasteiger partial charge in [0.2, 0.25) is 9.84 Å². The van der Waals surface area contributed by atoms with Crippen LogP contribution < -0.4 is 5.32 Å². The van der Waals surface area contributed by atoms with E-state index < -0.39 is 15.9 Å². The molecule has 0 unspecified atom stereocenters. The Balaban J connectivity index is 2.16. The maximum Gasteiger partial charge on any atom is 0.404 e. The van der Waals surface area contributed by atoms with E-state index in [1.54, 1.807) is 26.2 Å². The lowest BCUT2D eigenvalue weighted by atomic mass is 10.1. The Kier molecular flexibility index (Phi) is 5.99. The van der Waals surface area contributed by atoms with Gasteiger partial charge in [0, 0.05) is 26.2 Å². The minimum absolute atomic E-state index is 0.105. The Labute approximate surface area is 152 Å². The first-order chi connectivity index (χ1) is 12.2. The van der Waals surface area contributed by atoms with Crippen molar-refractivity contribution < 1.29 is 23.1 Å². The average molecular weight is 376 g/mol. The van der Waals surface area contributed by atoms with Crippen LogP contribution in [0.2, 0.25) is 0 Å². The van der Waals surface area contributed by atoms with Crippen LogP contribution in [0.5, 0.6) is 0 Å². The molecule has 2 N–H and O–H groups in total.